The average molecular weight is 927 g/mol. The number of terminal acetylenes is 2. The van der Waals surface area contributed by atoms with Crippen LogP contribution in [0.1, 0.15) is 0 Å². The summed E-state index contributed by atoms with van der Waals surface area (Å²) in [7, 11) is 0. The summed E-state index contributed by atoms with van der Waals surface area (Å²) in [4.78, 5) is 0. The molecule has 334 valence electrons. The average Bonchev–Trinajstić information content (AvgIpc) is 4.09. The summed E-state index contributed by atoms with van der Waals surface area (Å²) in [6.07, 6.45) is 9.39. The van der Waals surface area contributed by atoms with E-state index >= 15 is 0 Å². The van der Waals surface area contributed by atoms with Gasteiger partial charge in [-0.25, -0.2) is 0 Å². The Labute approximate surface area is 426 Å². The predicted molar refractivity (Wildman–Crippen MR) is 319 cm³/mol. The van der Waals surface area contributed by atoms with E-state index in [4.69, 9.17) is 12.8 Å². The Morgan fingerprint density at radius 2 is 0.622 bits per heavy atom. The minimum absolute atomic E-state index is 1.22. The number of fused-ring (bicyclic) bond motifs is 13. The molecule has 0 aliphatic heterocycles. The Morgan fingerprint density at radius 3 is 1.18 bits per heavy atom. The predicted octanol–water partition coefficient (Wildman–Crippen LogP) is 19.6. The fraction of sp³-hybridized carbons (Fsp3) is 0. The number of rotatable bonds is 3. The van der Waals surface area contributed by atoms with Crippen LogP contribution in [0.25, 0.3) is 174 Å². The van der Waals surface area contributed by atoms with Crippen molar-refractivity contribution < 1.29 is 0 Å². The molecule has 16 aromatic rings. The van der Waals surface area contributed by atoms with E-state index in [9.17, 15) is 0 Å². The summed E-state index contributed by atoms with van der Waals surface area (Å²) in [5, 5.41) is 29.2. The van der Waals surface area contributed by atoms with Crippen molar-refractivity contribution in [1.29, 1.82) is 0 Å². The first-order valence-electron chi connectivity index (χ1n) is 25.2. The molecule has 0 nitrogen and oxygen atoms in total. The summed E-state index contributed by atoms with van der Waals surface area (Å²) in [6.45, 7) is 0. The topological polar surface area (TPSA) is 0 Å². The van der Waals surface area contributed by atoms with Crippen LogP contribution in [0.4, 0.5) is 0 Å². The van der Waals surface area contributed by atoms with Crippen molar-refractivity contribution >= 4 is 118 Å². The van der Waals surface area contributed by atoms with Crippen LogP contribution in [-0.4, -0.2) is 0 Å². The molecular weight excluding hydrogens is 889 g/mol. The van der Waals surface area contributed by atoms with E-state index in [0.717, 1.165) is 0 Å². The lowest BCUT2D eigenvalue weighted by Crippen LogP contribution is -1.90. The van der Waals surface area contributed by atoms with Crippen molar-refractivity contribution in [3.05, 3.63) is 218 Å². The maximum atomic E-state index is 4.70. The van der Waals surface area contributed by atoms with Crippen LogP contribution in [0.5, 0.6) is 0 Å². The van der Waals surface area contributed by atoms with Gasteiger partial charge in [0.05, 0.1) is 0 Å². The summed E-state index contributed by atoms with van der Waals surface area (Å²) in [5.41, 5.74) is 12.9. The largest absolute Gasteiger partial charge is 0.106 e. The van der Waals surface area contributed by atoms with Gasteiger partial charge in [-0.05, 0) is 228 Å². The maximum absolute atomic E-state index is 4.70. The van der Waals surface area contributed by atoms with E-state index in [-0.39, 0.29) is 0 Å². The SMILES string of the molecule is C#CC#CC#C.c1ccc(-c2cccc(-c3c4cc5c(cc4c(-c4ccccc4)c4c6ccc7c8ccc9c%10c(ccc(c%11ccc(c34)c6c7%11)c%108)-c3cc4ccccc4cc3-9)c3cccc4cccc5c43)c2)cc1. The molecule has 0 fully saturated rings. The number of hydrogen-bond acceptors (Lipinski definition) is 0. The van der Waals surface area contributed by atoms with Crippen LogP contribution in [-0.2, 0) is 0 Å². The zero-order valence-corrected chi connectivity index (χ0v) is 39.9. The van der Waals surface area contributed by atoms with Gasteiger partial charge in [0.15, 0.2) is 0 Å². The highest BCUT2D eigenvalue weighted by Gasteiger charge is 2.29. The molecule has 0 heterocycles. The summed E-state index contributed by atoms with van der Waals surface area (Å²) in [6, 6.07) is 83.3. The lowest BCUT2D eigenvalue weighted by atomic mass is 9.85. The summed E-state index contributed by atoms with van der Waals surface area (Å²) in [5.74, 6) is 8.61. The Kier molecular flexibility index (Phi) is 8.32. The quantitative estimate of drug-likeness (QED) is 0.0941. The molecule has 0 N–H and O–H groups in total. The maximum Gasteiger partial charge on any atom is -0.000740 e. The summed E-state index contributed by atoms with van der Waals surface area (Å²) < 4.78 is 0. The van der Waals surface area contributed by atoms with Gasteiger partial charge in [-0.3, -0.25) is 0 Å². The van der Waals surface area contributed by atoms with Crippen molar-refractivity contribution in [2.75, 3.05) is 0 Å². The van der Waals surface area contributed by atoms with E-state index in [0.29, 0.717) is 0 Å². The van der Waals surface area contributed by atoms with E-state index in [1.165, 1.54) is 174 Å². The molecule has 17 rings (SSSR count). The second kappa shape index (κ2) is 15.2. The third-order valence-electron chi connectivity index (χ3n) is 16.4. The van der Waals surface area contributed by atoms with E-state index in [1.54, 1.807) is 0 Å². The molecule has 1 aliphatic rings. The van der Waals surface area contributed by atoms with E-state index < -0.39 is 0 Å². The Hall–Kier alpha value is -10.2. The second-order valence-electron chi connectivity index (χ2n) is 19.9. The molecule has 0 aromatic heterocycles. The third-order valence-corrected chi connectivity index (χ3v) is 16.4. The van der Waals surface area contributed by atoms with E-state index in [2.05, 4.69) is 242 Å². The van der Waals surface area contributed by atoms with Crippen LogP contribution < -0.4 is 0 Å². The molecule has 16 aromatic carbocycles. The van der Waals surface area contributed by atoms with Crippen LogP contribution in [0.15, 0.2) is 218 Å². The van der Waals surface area contributed by atoms with Gasteiger partial charge in [-0.1, -0.05) is 188 Å². The minimum atomic E-state index is 1.22. The molecule has 0 bridgehead atoms. The van der Waals surface area contributed by atoms with Gasteiger partial charge in [0.2, 0.25) is 0 Å². The monoisotopic (exact) mass is 926 g/mol. The fourth-order valence-corrected chi connectivity index (χ4v) is 13.5. The Bertz CT molecular complexity index is 5120. The molecule has 74 heavy (non-hydrogen) atoms. The molecule has 0 radical (unpaired) electrons. The van der Waals surface area contributed by atoms with E-state index in [1.807, 2.05) is 0 Å². The van der Waals surface area contributed by atoms with Gasteiger partial charge in [0, 0.05) is 0 Å². The Morgan fingerprint density at radius 1 is 0.216 bits per heavy atom. The molecule has 0 saturated carbocycles. The highest BCUT2D eigenvalue weighted by Crippen LogP contribution is 2.57. The second-order valence-corrected chi connectivity index (χ2v) is 19.9. The van der Waals surface area contributed by atoms with Crippen LogP contribution >= 0.6 is 0 Å². The molecule has 0 atom stereocenters. The van der Waals surface area contributed by atoms with Gasteiger partial charge >= 0.3 is 0 Å². The van der Waals surface area contributed by atoms with Gasteiger partial charge in [0.1, 0.15) is 0 Å². The van der Waals surface area contributed by atoms with Crippen LogP contribution in [0.2, 0.25) is 0 Å². The van der Waals surface area contributed by atoms with Crippen LogP contribution in [0, 0.1) is 36.5 Å². The molecule has 0 amide bonds. The highest BCUT2D eigenvalue weighted by atomic mass is 14.3. The van der Waals surface area contributed by atoms with Crippen LogP contribution in [0.3, 0.4) is 0 Å². The third kappa shape index (κ3) is 5.40. The van der Waals surface area contributed by atoms with Gasteiger partial charge in [0.25, 0.3) is 0 Å². The van der Waals surface area contributed by atoms with Gasteiger partial charge in [-0.2, -0.15) is 0 Å². The summed E-state index contributed by atoms with van der Waals surface area (Å²) >= 11 is 0. The smallest absolute Gasteiger partial charge is 0.000740 e. The van der Waals surface area contributed by atoms with Crippen molar-refractivity contribution in [3.8, 4) is 92.2 Å². The minimum Gasteiger partial charge on any atom is -0.106 e. The molecule has 0 heteroatoms. The highest BCUT2D eigenvalue weighted by molar-refractivity contribution is 6.47. The lowest BCUT2D eigenvalue weighted by Gasteiger charge is -2.18. The van der Waals surface area contributed by atoms with Gasteiger partial charge < -0.3 is 0 Å². The Balaban J connectivity index is 0.000000737. The first-order valence-corrected chi connectivity index (χ1v) is 25.2. The number of hydrogen-bond donors (Lipinski definition) is 0. The zero-order chi connectivity index (χ0) is 48.8. The zero-order valence-electron chi connectivity index (χ0n) is 39.9. The molecule has 0 unspecified atom stereocenters. The van der Waals surface area contributed by atoms with Gasteiger partial charge in [-0.15, -0.1) is 12.8 Å². The van der Waals surface area contributed by atoms with Crippen molar-refractivity contribution in [2.45, 2.75) is 0 Å². The number of benzene rings is 14. The lowest BCUT2D eigenvalue weighted by molar-refractivity contribution is 1.61. The molecule has 1 aliphatic carbocycles. The van der Waals surface area contributed by atoms with Crippen molar-refractivity contribution in [3.63, 3.8) is 0 Å². The molecular formula is C74H38. The van der Waals surface area contributed by atoms with Crippen molar-refractivity contribution in [2.24, 2.45) is 0 Å². The fourth-order valence-electron chi connectivity index (χ4n) is 13.5. The molecule has 0 saturated heterocycles. The standard InChI is InChI=1S/C68H36.C6H2/c1-3-12-37(13-4-1)40-20-9-21-43(32-40)62-59-36-57-45-23-11-19-38-18-10-22-44(60(38)45)56(57)35-58(59)61(39-14-5-2-6-15-39)67-52-30-28-48-46-24-26-50-54-33-41-16-7-8-17-42(41)34-55(54)51-27-25-47(63(46)65(50)51)49-29-31-53(68(62)67)66(52)64(48)49;1-3-5-6-4-2/h1-36H;1-2H. The first kappa shape index (κ1) is 40.6. The van der Waals surface area contributed by atoms with Crippen molar-refractivity contribution in [1.82, 2.24) is 0 Å². The normalized spacial score (nSPS) is 11.9. The molecule has 0 spiro atoms. The first-order chi connectivity index (χ1) is 36.7.